The van der Waals surface area contributed by atoms with E-state index in [2.05, 4.69) is 68.8 Å². The third-order valence-electron chi connectivity index (χ3n) is 7.67. The molecule has 5 N–H and O–H groups in total. The number of aliphatic hydroxyl groups is 4. The average Bonchev–Trinajstić information content (AvgIpc) is 3.84. The lowest BCUT2D eigenvalue weighted by atomic mass is 10.1. The van der Waals surface area contributed by atoms with Gasteiger partial charge in [0.1, 0.15) is 0 Å². The second-order valence-corrected chi connectivity index (χ2v) is 15.1. The number of nitrogens with zero attached hydrogens (tertiary/aromatic N) is 1. The van der Waals surface area contributed by atoms with E-state index < -0.39 is 34.5 Å². The lowest BCUT2D eigenvalue weighted by Crippen LogP contribution is -2.26. The zero-order valence-electron chi connectivity index (χ0n) is 27.0. The number of halogens is 1. The topological polar surface area (TPSA) is 158 Å². The van der Waals surface area contributed by atoms with Gasteiger partial charge in [-0.05, 0) is 69.8 Å². The molecule has 4 atom stereocenters. The quantitative estimate of drug-likeness (QED) is 0.101. The standard InChI is InChI=1S/C16H21NO3S.C13H16O4S2.C4H9NO2.ClH/c18-14-10-17(11-15(14)19)5-7-20-6-3-12-1-2-16-13(9-12)4-8-21-16;1-19(14,15)17-8-7-16-6-4-11-2-3-13-12(10-11)5-9-18-13;6-3-1-5-2-4(3)7;/h1-2,4,8-9,14-15,18-19H,3,5-7,10-11H2;2-3,5,9-10H,4,6-8H2,1H3;3-7H,1-2H2;1H/t14-,15+;;3-,4+;. The van der Waals surface area contributed by atoms with E-state index in [4.69, 9.17) is 19.7 Å². The van der Waals surface area contributed by atoms with Gasteiger partial charge >= 0.3 is 0 Å². The molecule has 0 saturated carbocycles. The molecule has 2 aromatic heterocycles. The van der Waals surface area contributed by atoms with Crippen LogP contribution in [0.2, 0.25) is 0 Å². The first-order valence-electron chi connectivity index (χ1n) is 15.6. The minimum atomic E-state index is -3.36. The molecule has 0 radical (unpaired) electrons. The van der Waals surface area contributed by atoms with Gasteiger partial charge in [0.2, 0.25) is 0 Å². The van der Waals surface area contributed by atoms with Gasteiger partial charge in [-0.2, -0.15) is 8.42 Å². The van der Waals surface area contributed by atoms with Crippen LogP contribution in [-0.2, 0) is 36.6 Å². The smallest absolute Gasteiger partial charge is 0.264 e. The number of β-amino-alcohol motifs (C(OH)–C–C–N with tert-alkyl or cyclic N) is 4. The van der Waals surface area contributed by atoms with Crippen LogP contribution in [0.3, 0.4) is 0 Å². The second kappa shape index (κ2) is 20.8. The van der Waals surface area contributed by atoms with E-state index in [-0.39, 0.29) is 25.6 Å². The van der Waals surface area contributed by atoms with Crippen LogP contribution < -0.4 is 5.32 Å². The van der Waals surface area contributed by atoms with E-state index in [1.54, 1.807) is 22.7 Å². The van der Waals surface area contributed by atoms with Gasteiger partial charge in [0.05, 0.1) is 63.7 Å². The first kappa shape index (κ1) is 40.7. The fourth-order valence-corrected chi connectivity index (χ4v) is 6.96. The second-order valence-electron chi connectivity index (χ2n) is 11.5. The Labute approximate surface area is 296 Å². The molecule has 11 nitrogen and oxygen atoms in total. The molecule has 6 rings (SSSR count). The van der Waals surface area contributed by atoms with Gasteiger partial charge in [0.15, 0.2) is 0 Å². The van der Waals surface area contributed by atoms with Crippen LogP contribution in [0.5, 0.6) is 0 Å². The van der Waals surface area contributed by atoms with Crippen LogP contribution in [0.4, 0.5) is 0 Å². The van der Waals surface area contributed by atoms with Crippen molar-refractivity contribution < 1.29 is 42.5 Å². The summed E-state index contributed by atoms with van der Waals surface area (Å²) in [5.41, 5.74) is 2.52. The third-order valence-corrected chi connectivity index (χ3v) is 10.1. The van der Waals surface area contributed by atoms with E-state index in [0.717, 1.165) is 25.6 Å². The van der Waals surface area contributed by atoms with E-state index in [1.165, 1.54) is 31.3 Å². The van der Waals surface area contributed by atoms with Crippen molar-refractivity contribution in [2.24, 2.45) is 0 Å². The summed E-state index contributed by atoms with van der Waals surface area (Å²) in [6.07, 6.45) is 0.454. The number of aliphatic hydroxyl groups excluding tert-OH is 4. The number of benzene rings is 2. The van der Waals surface area contributed by atoms with Crippen LogP contribution in [0, 0.1) is 0 Å². The van der Waals surface area contributed by atoms with Crippen molar-refractivity contribution in [3.8, 4) is 0 Å². The van der Waals surface area contributed by atoms with Gasteiger partial charge < -0.3 is 35.2 Å². The molecule has 48 heavy (non-hydrogen) atoms. The number of hydrogen-bond donors (Lipinski definition) is 5. The Morgan fingerprint density at radius 3 is 1.69 bits per heavy atom. The highest BCUT2D eigenvalue weighted by molar-refractivity contribution is 7.85. The summed E-state index contributed by atoms with van der Waals surface area (Å²) in [5, 5.41) is 45.9. The maximum Gasteiger partial charge on any atom is 0.264 e. The van der Waals surface area contributed by atoms with Gasteiger partial charge in [-0.25, -0.2) is 0 Å². The summed E-state index contributed by atoms with van der Waals surface area (Å²) in [4.78, 5) is 2.03. The number of likely N-dealkylation sites (tertiary alicyclic amines) is 1. The van der Waals surface area contributed by atoms with Gasteiger partial charge in [0, 0.05) is 42.1 Å². The summed E-state index contributed by atoms with van der Waals surface area (Å²) >= 11 is 3.49. The largest absolute Gasteiger partial charge is 0.389 e. The van der Waals surface area contributed by atoms with Gasteiger partial charge in [0.25, 0.3) is 10.1 Å². The zero-order chi connectivity index (χ0) is 33.6. The summed E-state index contributed by atoms with van der Waals surface area (Å²) in [6.45, 7) is 5.16. The number of nitrogens with one attached hydrogen (secondary N) is 1. The molecule has 2 aliphatic rings. The lowest BCUT2D eigenvalue weighted by Gasteiger charge is -2.14. The van der Waals surface area contributed by atoms with E-state index in [9.17, 15) is 18.6 Å². The highest BCUT2D eigenvalue weighted by Gasteiger charge is 2.28. The number of hydrogen-bond acceptors (Lipinski definition) is 13. The Hall–Kier alpha value is -1.76. The molecule has 0 spiro atoms. The molecule has 15 heteroatoms. The summed E-state index contributed by atoms with van der Waals surface area (Å²) in [6, 6.07) is 17.2. The molecule has 0 unspecified atom stereocenters. The molecule has 4 heterocycles. The minimum Gasteiger partial charge on any atom is -0.389 e. The molecule has 0 amide bonds. The highest BCUT2D eigenvalue weighted by Crippen LogP contribution is 2.23. The normalized spacial score (nSPS) is 21.0. The van der Waals surface area contributed by atoms with E-state index in [1.807, 2.05) is 4.90 Å². The molecule has 4 aromatic rings. The summed E-state index contributed by atoms with van der Waals surface area (Å²) < 4.78 is 39.6. The molecule has 2 fully saturated rings. The van der Waals surface area contributed by atoms with E-state index >= 15 is 0 Å². The van der Waals surface area contributed by atoms with Crippen LogP contribution in [0.15, 0.2) is 59.3 Å². The molecule has 2 aliphatic heterocycles. The average molecular weight is 747 g/mol. The summed E-state index contributed by atoms with van der Waals surface area (Å²) in [5.74, 6) is 0. The Morgan fingerprint density at radius 2 is 1.23 bits per heavy atom. The summed E-state index contributed by atoms with van der Waals surface area (Å²) in [7, 11) is -3.36. The maximum atomic E-state index is 10.7. The van der Waals surface area contributed by atoms with Crippen molar-refractivity contribution in [3.05, 3.63) is 70.4 Å². The minimum absolute atomic E-state index is 0. The van der Waals surface area contributed by atoms with Crippen LogP contribution >= 0.6 is 35.1 Å². The molecule has 0 bridgehead atoms. The van der Waals surface area contributed by atoms with Crippen LogP contribution in [-0.4, -0.2) is 130 Å². The Morgan fingerprint density at radius 1 is 0.729 bits per heavy atom. The molecular weight excluding hydrogens is 700 g/mol. The number of fused-ring (bicyclic) bond motifs is 2. The van der Waals surface area contributed by atoms with Crippen molar-refractivity contribution >= 4 is 65.4 Å². The maximum absolute atomic E-state index is 10.7. The van der Waals surface area contributed by atoms with Gasteiger partial charge in [-0.3, -0.25) is 9.08 Å². The number of ether oxygens (including phenoxy) is 2. The van der Waals surface area contributed by atoms with Crippen molar-refractivity contribution in [1.29, 1.82) is 0 Å². The fourth-order valence-electron chi connectivity index (χ4n) is 5.05. The first-order chi connectivity index (χ1) is 22.6. The number of rotatable bonds is 13. The third kappa shape index (κ3) is 14.2. The highest BCUT2D eigenvalue weighted by atomic mass is 35.5. The molecular formula is C33H47ClN2O9S3. The number of thiophene rings is 2. The van der Waals surface area contributed by atoms with Gasteiger partial charge in [-0.15, -0.1) is 35.1 Å². The Kier molecular flexibility index (Phi) is 17.6. The van der Waals surface area contributed by atoms with Crippen molar-refractivity contribution in [2.45, 2.75) is 37.3 Å². The Balaban J connectivity index is 0.000000214. The SMILES string of the molecule is CS(=O)(=O)OCCOCCc1ccc2sccc2c1.Cl.O[C@@H]1CN(CCOCCc2ccc3sccc3c2)C[C@@H]1O.O[C@@H]1CNC[C@@H]1O. The molecule has 268 valence electrons. The predicted octanol–water partition coefficient (Wildman–Crippen LogP) is 2.67. The first-order valence-corrected chi connectivity index (χ1v) is 19.2. The van der Waals surface area contributed by atoms with Crippen LogP contribution in [0.25, 0.3) is 20.2 Å². The molecule has 0 aliphatic carbocycles. The van der Waals surface area contributed by atoms with E-state index in [0.29, 0.717) is 46.0 Å². The fraction of sp³-hybridized carbons (Fsp3) is 0.515. The monoisotopic (exact) mass is 746 g/mol. The van der Waals surface area contributed by atoms with Crippen LogP contribution in [0.1, 0.15) is 11.1 Å². The van der Waals surface area contributed by atoms with Crippen molar-refractivity contribution in [3.63, 3.8) is 0 Å². The van der Waals surface area contributed by atoms with Crippen molar-refractivity contribution in [2.75, 3.05) is 72.0 Å². The Bertz CT molecular complexity index is 1590. The molecule has 2 saturated heterocycles. The van der Waals surface area contributed by atoms with Gasteiger partial charge in [-0.1, -0.05) is 24.3 Å². The lowest BCUT2D eigenvalue weighted by molar-refractivity contribution is 0.0572. The zero-order valence-corrected chi connectivity index (χ0v) is 30.2. The molecule has 2 aromatic carbocycles. The van der Waals surface area contributed by atoms with Crippen molar-refractivity contribution in [1.82, 2.24) is 10.2 Å². The predicted molar refractivity (Wildman–Crippen MR) is 194 cm³/mol.